The number of benzene rings is 2. The minimum Gasteiger partial charge on any atom is -0.269 e. The fraction of sp³-hybridized carbons (Fsp3) is 0. The lowest BCUT2D eigenvalue weighted by atomic mass is 10.2. The Kier molecular flexibility index (Phi) is 4.87. The van der Waals surface area contributed by atoms with E-state index < -0.39 is 11.6 Å². The lowest BCUT2D eigenvalue weighted by Crippen LogP contribution is -2.27. The van der Waals surface area contributed by atoms with E-state index in [1.807, 2.05) is 47.8 Å². The van der Waals surface area contributed by atoms with Crippen LogP contribution >= 0.6 is 11.3 Å². The van der Waals surface area contributed by atoms with Gasteiger partial charge in [-0.2, -0.15) is 0 Å². The zero-order chi connectivity index (χ0) is 19.5. The number of thiophene rings is 1. The van der Waals surface area contributed by atoms with Crippen LogP contribution in [-0.4, -0.2) is 15.0 Å². The van der Waals surface area contributed by atoms with E-state index >= 15 is 0 Å². The molecule has 0 saturated carbocycles. The Balaban J connectivity index is 1.78. The van der Waals surface area contributed by atoms with E-state index in [1.165, 1.54) is 34.1 Å². The first-order valence-electron chi connectivity index (χ1n) is 8.55. The molecule has 0 amide bonds. The molecule has 138 valence electrons. The normalized spacial score (nSPS) is 11.2. The third-order valence-electron chi connectivity index (χ3n) is 4.21. The van der Waals surface area contributed by atoms with Gasteiger partial charge < -0.3 is 0 Å². The summed E-state index contributed by atoms with van der Waals surface area (Å²) in [4.78, 5) is 26.7. The Labute approximate surface area is 164 Å². The first-order chi connectivity index (χ1) is 13.6. The van der Waals surface area contributed by atoms with Crippen molar-refractivity contribution in [3.63, 3.8) is 0 Å². The number of hydrogen-bond donors (Lipinski definition) is 0. The molecule has 0 bridgehead atoms. The van der Waals surface area contributed by atoms with Crippen LogP contribution in [0.3, 0.4) is 0 Å². The Hall–Kier alpha value is -3.51. The summed E-state index contributed by atoms with van der Waals surface area (Å²) in [6, 6.07) is 18.6. The van der Waals surface area contributed by atoms with Crippen molar-refractivity contribution < 1.29 is 9.18 Å². The van der Waals surface area contributed by atoms with Gasteiger partial charge in [-0.15, -0.1) is 11.3 Å². The first kappa shape index (κ1) is 17.9. The molecule has 0 unspecified atom stereocenters. The maximum Gasteiger partial charge on any atom is 0.340 e. The van der Waals surface area contributed by atoms with Crippen molar-refractivity contribution in [2.75, 3.05) is 0 Å². The highest BCUT2D eigenvalue weighted by molar-refractivity contribution is 7.13. The second kappa shape index (κ2) is 7.62. The van der Waals surface area contributed by atoms with E-state index in [-0.39, 0.29) is 5.82 Å². The van der Waals surface area contributed by atoms with Crippen molar-refractivity contribution in [1.29, 1.82) is 0 Å². The van der Waals surface area contributed by atoms with Crippen molar-refractivity contribution in [2.24, 2.45) is 0 Å². The second-order valence-corrected chi connectivity index (χ2v) is 6.99. The molecule has 2 heterocycles. The third-order valence-corrected chi connectivity index (χ3v) is 5.10. The van der Waals surface area contributed by atoms with Crippen molar-refractivity contribution >= 4 is 23.3 Å². The molecule has 4 aromatic rings. The molecule has 0 fully saturated rings. The van der Waals surface area contributed by atoms with Crippen LogP contribution in [0.1, 0.15) is 10.4 Å². The number of halogens is 1. The van der Waals surface area contributed by atoms with Crippen LogP contribution in [0, 0.1) is 5.82 Å². The largest absolute Gasteiger partial charge is 0.340 e. The Morgan fingerprint density at radius 2 is 1.71 bits per heavy atom. The Morgan fingerprint density at radius 1 is 0.964 bits per heavy atom. The van der Waals surface area contributed by atoms with Gasteiger partial charge in [-0.1, -0.05) is 36.4 Å². The van der Waals surface area contributed by atoms with Gasteiger partial charge in [-0.25, -0.2) is 13.8 Å². The maximum absolute atomic E-state index is 13.0. The minimum absolute atomic E-state index is 0.348. The molecule has 0 radical (unpaired) electrons. The van der Waals surface area contributed by atoms with Gasteiger partial charge >= 0.3 is 5.69 Å². The Bertz CT molecular complexity index is 1190. The standard InChI is InChI=1S/C22H15FN2O2S/c23-17-11-8-16(9-12-17)10-13-21(26)25-19(20-7-4-14-28-20)15-24(22(25)27)18-5-2-1-3-6-18/h1-15H. The van der Waals surface area contributed by atoms with Crippen LogP contribution in [0.2, 0.25) is 0 Å². The molecule has 0 aliphatic rings. The van der Waals surface area contributed by atoms with E-state index in [9.17, 15) is 14.0 Å². The fourth-order valence-corrected chi connectivity index (χ4v) is 3.57. The molecule has 0 N–H and O–H groups in total. The van der Waals surface area contributed by atoms with Crippen LogP contribution in [0.25, 0.3) is 22.3 Å². The monoisotopic (exact) mass is 390 g/mol. The molecule has 4 nitrogen and oxygen atoms in total. The molecule has 4 rings (SSSR count). The van der Waals surface area contributed by atoms with E-state index in [2.05, 4.69) is 0 Å². The van der Waals surface area contributed by atoms with Crippen molar-refractivity contribution in [1.82, 2.24) is 9.13 Å². The molecular weight excluding hydrogens is 375 g/mol. The summed E-state index contributed by atoms with van der Waals surface area (Å²) >= 11 is 1.45. The zero-order valence-corrected chi connectivity index (χ0v) is 15.5. The number of aromatic nitrogens is 2. The summed E-state index contributed by atoms with van der Waals surface area (Å²) in [6.45, 7) is 0. The smallest absolute Gasteiger partial charge is 0.269 e. The van der Waals surface area contributed by atoms with Gasteiger partial charge in [0.1, 0.15) is 5.82 Å². The maximum atomic E-state index is 13.0. The molecule has 0 spiro atoms. The SMILES string of the molecule is O=C(C=Cc1ccc(F)cc1)n1c(-c2cccs2)cn(-c2ccccc2)c1=O. The number of carbonyl (C=O) groups excluding carboxylic acids is 1. The molecule has 0 aliphatic heterocycles. The van der Waals surface area contributed by atoms with Gasteiger partial charge in [0.2, 0.25) is 0 Å². The zero-order valence-electron chi connectivity index (χ0n) is 14.7. The molecule has 0 atom stereocenters. The number of rotatable bonds is 4. The van der Waals surface area contributed by atoms with Crippen LogP contribution < -0.4 is 5.69 Å². The molecule has 0 aliphatic carbocycles. The quantitative estimate of drug-likeness (QED) is 0.467. The van der Waals surface area contributed by atoms with Gasteiger partial charge in [0, 0.05) is 12.3 Å². The highest BCUT2D eigenvalue weighted by atomic mass is 32.1. The number of hydrogen-bond acceptors (Lipinski definition) is 3. The lowest BCUT2D eigenvalue weighted by Gasteiger charge is -2.01. The molecule has 0 saturated heterocycles. The second-order valence-electron chi connectivity index (χ2n) is 6.04. The summed E-state index contributed by atoms with van der Waals surface area (Å²) in [7, 11) is 0. The van der Waals surface area contributed by atoms with Gasteiger partial charge in [-0.05, 0) is 47.4 Å². The minimum atomic E-state index is -0.465. The Morgan fingerprint density at radius 3 is 2.39 bits per heavy atom. The van der Waals surface area contributed by atoms with Crippen LogP contribution in [-0.2, 0) is 0 Å². The molecule has 2 aromatic heterocycles. The van der Waals surface area contributed by atoms with E-state index in [0.29, 0.717) is 16.9 Å². The average molecular weight is 390 g/mol. The van der Waals surface area contributed by atoms with Gasteiger partial charge in [-0.3, -0.25) is 9.36 Å². The average Bonchev–Trinajstić information content (AvgIpc) is 3.36. The van der Waals surface area contributed by atoms with Crippen molar-refractivity contribution in [3.05, 3.63) is 106 Å². The molecular formula is C22H15FN2O2S. The molecule has 6 heteroatoms. The highest BCUT2D eigenvalue weighted by Crippen LogP contribution is 2.25. The summed E-state index contributed by atoms with van der Waals surface area (Å²) < 4.78 is 15.6. The van der Waals surface area contributed by atoms with Gasteiger partial charge in [0.25, 0.3) is 5.91 Å². The molecule has 2 aromatic carbocycles. The summed E-state index contributed by atoms with van der Waals surface area (Å²) in [6.07, 6.45) is 4.56. The van der Waals surface area contributed by atoms with Crippen LogP contribution in [0.5, 0.6) is 0 Å². The molecule has 28 heavy (non-hydrogen) atoms. The predicted molar refractivity (Wildman–Crippen MR) is 109 cm³/mol. The van der Waals surface area contributed by atoms with E-state index in [4.69, 9.17) is 0 Å². The van der Waals surface area contributed by atoms with Gasteiger partial charge in [0.05, 0.1) is 16.3 Å². The summed E-state index contributed by atoms with van der Waals surface area (Å²) in [5.41, 5.74) is 1.43. The number of allylic oxidation sites excluding steroid dienone is 1. The van der Waals surface area contributed by atoms with Crippen molar-refractivity contribution in [3.8, 4) is 16.3 Å². The summed E-state index contributed by atoms with van der Waals surface area (Å²) in [5, 5.41) is 1.89. The highest BCUT2D eigenvalue weighted by Gasteiger charge is 2.18. The number of carbonyl (C=O) groups is 1. The van der Waals surface area contributed by atoms with Crippen LogP contribution in [0.4, 0.5) is 4.39 Å². The third kappa shape index (κ3) is 3.50. The first-order valence-corrected chi connectivity index (χ1v) is 9.43. The van der Waals surface area contributed by atoms with E-state index in [0.717, 1.165) is 9.44 Å². The number of para-hydroxylation sites is 1. The predicted octanol–water partition coefficient (Wildman–Crippen LogP) is 4.86. The van der Waals surface area contributed by atoms with Gasteiger partial charge in [0.15, 0.2) is 0 Å². The fourth-order valence-electron chi connectivity index (χ4n) is 2.85. The number of nitrogens with zero attached hydrogens (tertiary/aromatic N) is 2. The van der Waals surface area contributed by atoms with E-state index in [1.54, 1.807) is 24.4 Å². The topological polar surface area (TPSA) is 44.0 Å². The van der Waals surface area contributed by atoms with Crippen molar-refractivity contribution in [2.45, 2.75) is 0 Å². The number of imidazole rings is 1. The summed E-state index contributed by atoms with van der Waals surface area (Å²) in [5.74, 6) is -0.813. The lowest BCUT2D eigenvalue weighted by molar-refractivity contribution is 0.0967. The van der Waals surface area contributed by atoms with Crippen LogP contribution in [0.15, 0.2) is 89.2 Å².